The molecule has 124 valence electrons. The Bertz CT molecular complexity index is 992. The Kier molecular flexibility index (Phi) is 4.48. The van der Waals surface area contributed by atoms with Gasteiger partial charge in [0.05, 0.1) is 18.9 Å². The Morgan fingerprint density at radius 1 is 1.38 bits per heavy atom. The van der Waals surface area contributed by atoms with Crippen LogP contribution >= 0.6 is 23.1 Å². The molecule has 0 aliphatic rings. The predicted octanol–water partition coefficient (Wildman–Crippen LogP) is 2.98. The molecule has 24 heavy (non-hydrogen) atoms. The van der Waals surface area contributed by atoms with Crippen LogP contribution in [0.3, 0.4) is 0 Å². The maximum absolute atomic E-state index is 13.0. The lowest BCUT2D eigenvalue weighted by Gasteiger charge is -2.06. The van der Waals surface area contributed by atoms with Crippen LogP contribution < -0.4 is 5.73 Å². The Morgan fingerprint density at radius 3 is 2.79 bits per heavy atom. The normalized spacial score (nSPS) is 11.5. The van der Waals surface area contributed by atoms with Crippen molar-refractivity contribution in [1.29, 1.82) is 5.41 Å². The van der Waals surface area contributed by atoms with Crippen LogP contribution in [-0.4, -0.2) is 30.5 Å². The minimum absolute atomic E-state index is 0.138. The molecule has 0 bridgehead atoms. The number of nitrogens with two attached hydrogens (primary N) is 1. The van der Waals surface area contributed by atoms with Gasteiger partial charge < -0.3 is 10.7 Å². The van der Waals surface area contributed by atoms with Gasteiger partial charge in [-0.1, -0.05) is 12.1 Å². The van der Waals surface area contributed by atoms with Gasteiger partial charge in [0.1, 0.15) is 11.7 Å². The highest BCUT2D eigenvalue weighted by Gasteiger charge is 2.25. The molecule has 2 aromatic heterocycles. The molecule has 0 saturated heterocycles. The maximum atomic E-state index is 13.0. The highest BCUT2D eigenvalue weighted by Crippen LogP contribution is 2.37. The zero-order chi connectivity index (χ0) is 17.3. The molecule has 0 saturated carbocycles. The van der Waals surface area contributed by atoms with Crippen LogP contribution in [0.1, 0.15) is 4.88 Å². The first-order valence-electron chi connectivity index (χ1n) is 6.80. The van der Waals surface area contributed by atoms with Gasteiger partial charge in [-0.2, -0.15) is 0 Å². The molecule has 9 heteroatoms. The topological polar surface area (TPSA) is 113 Å². The molecule has 0 unspecified atom stereocenters. The first-order valence-corrected chi connectivity index (χ1v) is 10.3. The molecule has 1 aromatic carbocycles. The van der Waals surface area contributed by atoms with Gasteiger partial charge in [-0.25, -0.2) is 13.4 Å². The van der Waals surface area contributed by atoms with E-state index in [2.05, 4.69) is 9.97 Å². The molecule has 0 aliphatic carbocycles. The quantitative estimate of drug-likeness (QED) is 0.359. The van der Waals surface area contributed by atoms with Crippen LogP contribution in [0.25, 0.3) is 11.4 Å². The fourth-order valence-electron chi connectivity index (χ4n) is 2.18. The third-order valence-corrected chi connectivity index (χ3v) is 7.66. The average molecular weight is 379 g/mol. The minimum atomic E-state index is -3.71. The molecular formula is C15H14N4O2S3. The van der Waals surface area contributed by atoms with Gasteiger partial charge in [-0.3, -0.25) is 5.41 Å². The molecule has 0 atom stereocenters. The number of sulfone groups is 1. The smallest absolute Gasteiger partial charge is 0.208 e. The van der Waals surface area contributed by atoms with Crippen LogP contribution in [0.4, 0.5) is 0 Å². The summed E-state index contributed by atoms with van der Waals surface area (Å²) in [4.78, 5) is 7.91. The van der Waals surface area contributed by atoms with Crippen LogP contribution in [0.2, 0.25) is 0 Å². The number of benzene rings is 1. The van der Waals surface area contributed by atoms with Crippen LogP contribution in [0, 0.1) is 5.41 Å². The van der Waals surface area contributed by atoms with E-state index in [0.717, 1.165) is 0 Å². The third-order valence-electron chi connectivity index (χ3n) is 3.32. The standard InChI is InChI=1S/C15H14N4O2S3/c1-22-15-12(8-11(23-15)13(16)17)24(20,21)10-4-2-3-9(7-10)14-18-5-6-19-14/h2-8H,1H3,(H3,16,17)(H,18,19). The van der Waals surface area contributed by atoms with E-state index in [0.29, 0.717) is 20.5 Å². The first-order chi connectivity index (χ1) is 11.4. The van der Waals surface area contributed by atoms with Gasteiger partial charge in [-0.05, 0) is 24.5 Å². The summed E-state index contributed by atoms with van der Waals surface area (Å²) >= 11 is 2.53. The third kappa shape index (κ3) is 2.97. The summed E-state index contributed by atoms with van der Waals surface area (Å²) in [6.45, 7) is 0. The van der Waals surface area contributed by atoms with Gasteiger partial charge in [-0.15, -0.1) is 23.1 Å². The van der Waals surface area contributed by atoms with E-state index in [1.165, 1.54) is 29.2 Å². The van der Waals surface area contributed by atoms with Gasteiger partial charge in [0, 0.05) is 18.0 Å². The Labute approximate surface area is 147 Å². The van der Waals surface area contributed by atoms with Crippen molar-refractivity contribution in [3.8, 4) is 11.4 Å². The number of nitrogens with one attached hydrogen (secondary N) is 2. The molecule has 6 nitrogen and oxygen atoms in total. The lowest BCUT2D eigenvalue weighted by atomic mass is 10.2. The molecule has 0 aliphatic heterocycles. The SMILES string of the molecule is CSc1sc(C(=N)N)cc1S(=O)(=O)c1cccc(-c2ncc[nH]2)c1. The number of rotatable bonds is 5. The van der Waals surface area contributed by atoms with Crippen molar-refractivity contribution in [2.24, 2.45) is 5.73 Å². The number of thioether (sulfide) groups is 1. The van der Waals surface area contributed by atoms with Crippen molar-refractivity contribution in [2.75, 3.05) is 6.26 Å². The molecule has 3 rings (SSSR count). The van der Waals surface area contributed by atoms with Crippen LogP contribution in [0.5, 0.6) is 0 Å². The summed E-state index contributed by atoms with van der Waals surface area (Å²) in [6.07, 6.45) is 5.09. The van der Waals surface area contributed by atoms with Crippen molar-refractivity contribution in [3.05, 3.63) is 47.6 Å². The van der Waals surface area contributed by atoms with Crippen LogP contribution in [0.15, 0.2) is 56.7 Å². The first kappa shape index (κ1) is 16.7. The molecule has 2 heterocycles. The maximum Gasteiger partial charge on any atom is 0.208 e. The van der Waals surface area contributed by atoms with Gasteiger partial charge in [0.15, 0.2) is 0 Å². The molecule has 0 amide bonds. The minimum Gasteiger partial charge on any atom is -0.383 e. The summed E-state index contributed by atoms with van der Waals surface area (Å²) in [6, 6.07) is 8.08. The van der Waals surface area contributed by atoms with Crippen LogP contribution in [-0.2, 0) is 9.84 Å². The van der Waals surface area contributed by atoms with Crippen molar-refractivity contribution in [2.45, 2.75) is 14.0 Å². The number of hydrogen-bond acceptors (Lipinski definition) is 6. The number of imidazole rings is 1. The highest BCUT2D eigenvalue weighted by molar-refractivity contribution is 8.01. The number of nitrogen functional groups attached to an aromatic ring is 1. The van der Waals surface area contributed by atoms with Crippen molar-refractivity contribution >= 4 is 38.8 Å². The average Bonchev–Trinajstić information content (AvgIpc) is 3.24. The summed E-state index contributed by atoms with van der Waals surface area (Å²) < 4.78 is 26.7. The van der Waals surface area contributed by atoms with Gasteiger partial charge in [0.25, 0.3) is 0 Å². The molecular weight excluding hydrogens is 364 g/mol. The van der Waals surface area contributed by atoms with E-state index >= 15 is 0 Å². The fourth-order valence-corrected chi connectivity index (χ4v) is 6.08. The second-order valence-electron chi connectivity index (χ2n) is 4.85. The van der Waals surface area contributed by atoms with Gasteiger partial charge >= 0.3 is 0 Å². The lowest BCUT2D eigenvalue weighted by Crippen LogP contribution is -2.08. The van der Waals surface area contributed by atoms with Crippen molar-refractivity contribution < 1.29 is 8.42 Å². The zero-order valence-corrected chi connectivity index (χ0v) is 15.1. The molecule has 0 spiro atoms. The number of hydrogen-bond donors (Lipinski definition) is 3. The number of aromatic nitrogens is 2. The summed E-state index contributed by atoms with van der Waals surface area (Å²) in [5.74, 6) is 0.466. The Hall–Kier alpha value is -2.10. The van der Waals surface area contributed by atoms with E-state index < -0.39 is 9.84 Å². The molecule has 3 aromatic rings. The number of amidine groups is 1. The monoisotopic (exact) mass is 378 g/mol. The zero-order valence-electron chi connectivity index (χ0n) is 12.6. The number of nitrogens with zero attached hydrogens (tertiary/aromatic N) is 1. The second kappa shape index (κ2) is 6.42. The number of aromatic amines is 1. The van der Waals surface area contributed by atoms with Crippen molar-refractivity contribution in [3.63, 3.8) is 0 Å². The highest BCUT2D eigenvalue weighted by atomic mass is 32.2. The van der Waals surface area contributed by atoms with E-state index in [1.807, 2.05) is 0 Å². The molecule has 4 N–H and O–H groups in total. The van der Waals surface area contributed by atoms with Gasteiger partial charge in [0.2, 0.25) is 9.84 Å². The van der Waals surface area contributed by atoms with E-state index in [-0.39, 0.29) is 15.6 Å². The largest absolute Gasteiger partial charge is 0.383 e. The molecule has 0 radical (unpaired) electrons. The molecule has 0 fully saturated rings. The number of H-pyrrole nitrogens is 1. The Morgan fingerprint density at radius 2 is 2.17 bits per heavy atom. The van der Waals surface area contributed by atoms with E-state index in [1.54, 1.807) is 42.9 Å². The lowest BCUT2D eigenvalue weighted by molar-refractivity contribution is 0.595. The van der Waals surface area contributed by atoms with E-state index in [4.69, 9.17) is 11.1 Å². The number of thiophene rings is 1. The van der Waals surface area contributed by atoms with E-state index in [9.17, 15) is 8.42 Å². The second-order valence-corrected chi connectivity index (χ2v) is 8.89. The summed E-state index contributed by atoms with van der Waals surface area (Å²) in [5.41, 5.74) is 6.19. The fraction of sp³-hybridized carbons (Fsp3) is 0.0667. The Balaban J connectivity index is 2.12. The predicted molar refractivity (Wildman–Crippen MR) is 96.6 cm³/mol. The van der Waals surface area contributed by atoms with Crippen molar-refractivity contribution in [1.82, 2.24) is 9.97 Å². The summed E-state index contributed by atoms with van der Waals surface area (Å²) in [5, 5.41) is 7.53. The summed E-state index contributed by atoms with van der Waals surface area (Å²) in [7, 11) is -3.71.